The van der Waals surface area contributed by atoms with Crippen LogP contribution in [0.25, 0.3) is 0 Å². The Balaban J connectivity index is 2.11. The van der Waals surface area contributed by atoms with Crippen LogP contribution in [0.1, 0.15) is 30.1 Å². The van der Waals surface area contributed by atoms with Crippen molar-refractivity contribution >= 4 is 21.8 Å². The molecule has 2 N–H and O–H groups in total. The molecule has 5 nitrogen and oxygen atoms in total. The Morgan fingerprint density at radius 3 is 2.67 bits per heavy atom. The molecule has 0 spiro atoms. The molecule has 0 saturated carbocycles. The highest BCUT2D eigenvalue weighted by Crippen LogP contribution is 2.23. The minimum atomic E-state index is -0.413. The molecule has 2 aromatic rings. The Labute approximate surface area is 132 Å². The lowest BCUT2D eigenvalue weighted by Gasteiger charge is -2.20. The Hall–Kier alpha value is -1.66. The van der Waals surface area contributed by atoms with Crippen LogP contribution < -0.4 is 10.6 Å². The van der Waals surface area contributed by atoms with Crippen molar-refractivity contribution in [3.63, 3.8) is 0 Å². The van der Waals surface area contributed by atoms with Gasteiger partial charge in [-0.25, -0.2) is 0 Å². The van der Waals surface area contributed by atoms with E-state index in [9.17, 15) is 4.79 Å². The van der Waals surface area contributed by atoms with Gasteiger partial charge in [0.05, 0.1) is 12.2 Å². The Bertz CT molecular complexity index is 626. The number of carbonyl (C=O) groups is 1. The number of nitrogens with zero attached hydrogens (tertiary/aromatic N) is 2. The summed E-state index contributed by atoms with van der Waals surface area (Å²) in [6.45, 7) is 1.97. The lowest BCUT2D eigenvalue weighted by Crippen LogP contribution is -2.37. The molecule has 2 atom stereocenters. The molecule has 6 heteroatoms. The van der Waals surface area contributed by atoms with E-state index in [-0.39, 0.29) is 11.9 Å². The Morgan fingerprint density at radius 2 is 2.10 bits per heavy atom. The summed E-state index contributed by atoms with van der Waals surface area (Å²) < 4.78 is 2.67. The zero-order valence-electron chi connectivity index (χ0n) is 12.3. The van der Waals surface area contributed by atoms with E-state index >= 15 is 0 Å². The van der Waals surface area contributed by atoms with E-state index in [1.807, 2.05) is 44.4 Å². The third kappa shape index (κ3) is 3.71. The van der Waals surface area contributed by atoms with Crippen LogP contribution in [0, 0.1) is 0 Å². The number of halogens is 1. The summed E-state index contributed by atoms with van der Waals surface area (Å²) >= 11 is 3.51. The SMILES string of the molecule is CNC(C(=O)NC(C)c1ccccc1Br)c1cnn(C)c1. The zero-order valence-corrected chi connectivity index (χ0v) is 13.9. The van der Waals surface area contributed by atoms with Crippen molar-refractivity contribution in [2.45, 2.75) is 19.0 Å². The minimum absolute atomic E-state index is 0.0752. The molecule has 1 heterocycles. The molecule has 2 rings (SSSR count). The number of aromatic nitrogens is 2. The molecule has 1 aromatic carbocycles. The predicted octanol–water partition coefficient (Wildman–Crippen LogP) is 2.32. The van der Waals surface area contributed by atoms with Gasteiger partial charge in [-0.15, -0.1) is 0 Å². The summed E-state index contributed by atoms with van der Waals surface area (Å²) in [4.78, 5) is 12.5. The molecular formula is C15H19BrN4O. The first-order chi connectivity index (χ1) is 10.0. The highest BCUT2D eigenvalue weighted by atomic mass is 79.9. The maximum atomic E-state index is 12.5. The molecular weight excluding hydrogens is 332 g/mol. The second-order valence-electron chi connectivity index (χ2n) is 4.92. The average molecular weight is 351 g/mol. The molecule has 112 valence electrons. The van der Waals surface area contributed by atoms with E-state index in [1.54, 1.807) is 17.9 Å². The third-order valence-corrected chi connectivity index (χ3v) is 4.06. The summed E-state index contributed by atoms with van der Waals surface area (Å²) in [6, 6.07) is 7.37. The van der Waals surface area contributed by atoms with E-state index in [1.165, 1.54) is 0 Å². The molecule has 0 aliphatic heterocycles. The Morgan fingerprint density at radius 1 is 1.38 bits per heavy atom. The standard InChI is InChI=1S/C15H19BrN4O/c1-10(12-6-4-5-7-13(12)16)19-15(21)14(17-2)11-8-18-20(3)9-11/h4-10,14,17H,1-3H3,(H,19,21). The fourth-order valence-electron chi connectivity index (χ4n) is 2.24. The topological polar surface area (TPSA) is 59.0 Å². The number of hydrogen-bond acceptors (Lipinski definition) is 3. The fraction of sp³-hybridized carbons (Fsp3) is 0.333. The summed E-state index contributed by atoms with van der Waals surface area (Å²) in [5.41, 5.74) is 1.89. The molecule has 0 aliphatic carbocycles. The van der Waals surface area contributed by atoms with Crippen molar-refractivity contribution in [2.24, 2.45) is 7.05 Å². The van der Waals surface area contributed by atoms with Crippen LogP contribution >= 0.6 is 15.9 Å². The molecule has 0 bridgehead atoms. The van der Waals surface area contributed by atoms with Crippen LogP contribution in [0.3, 0.4) is 0 Å². The zero-order chi connectivity index (χ0) is 15.4. The van der Waals surface area contributed by atoms with Gasteiger partial charge in [-0.05, 0) is 25.6 Å². The number of amides is 1. The predicted molar refractivity (Wildman–Crippen MR) is 85.7 cm³/mol. The number of nitrogens with one attached hydrogen (secondary N) is 2. The number of carbonyl (C=O) groups excluding carboxylic acids is 1. The molecule has 0 fully saturated rings. The number of benzene rings is 1. The normalized spacial score (nSPS) is 13.7. The number of likely N-dealkylation sites (N-methyl/N-ethyl adjacent to an activating group) is 1. The molecule has 0 aliphatic rings. The second kappa shape index (κ2) is 6.87. The van der Waals surface area contributed by atoms with Gasteiger partial charge in [0.15, 0.2) is 0 Å². The van der Waals surface area contributed by atoms with Gasteiger partial charge in [0, 0.05) is 23.3 Å². The van der Waals surface area contributed by atoms with Crippen LogP contribution in [-0.2, 0) is 11.8 Å². The summed E-state index contributed by atoms with van der Waals surface area (Å²) in [7, 11) is 3.60. The summed E-state index contributed by atoms with van der Waals surface area (Å²) in [6.07, 6.45) is 3.54. The lowest BCUT2D eigenvalue weighted by molar-refractivity contribution is -0.123. The Kier molecular flexibility index (Phi) is 5.14. The van der Waals surface area contributed by atoms with Gasteiger partial charge in [-0.3, -0.25) is 9.48 Å². The first-order valence-corrected chi connectivity index (χ1v) is 7.53. The van der Waals surface area contributed by atoms with Gasteiger partial charge in [0.2, 0.25) is 5.91 Å². The quantitative estimate of drug-likeness (QED) is 0.869. The van der Waals surface area contributed by atoms with Crippen molar-refractivity contribution in [3.8, 4) is 0 Å². The molecule has 2 unspecified atom stereocenters. The molecule has 1 aromatic heterocycles. The summed E-state index contributed by atoms with van der Waals surface area (Å²) in [5, 5.41) is 10.2. The maximum absolute atomic E-state index is 12.5. The smallest absolute Gasteiger partial charge is 0.242 e. The van der Waals surface area contributed by atoms with Gasteiger partial charge in [0.25, 0.3) is 0 Å². The fourth-order valence-corrected chi connectivity index (χ4v) is 2.87. The molecule has 1 amide bonds. The van der Waals surface area contributed by atoms with Crippen LogP contribution in [-0.4, -0.2) is 22.7 Å². The molecule has 0 saturated heterocycles. The highest BCUT2D eigenvalue weighted by molar-refractivity contribution is 9.10. The van der Waals surface area contributed by atoms with Gasteiger partial charge in [-0.2, -0.15) is 5.10 Å². The van der Waals surface area contributed by atoms with Crippen molar-refractivity contribution < 1.29 is 4.79 Å². The van der Waals surface area contributed by atoms with Gasteiger partial charge < -0.3 is 10.6 Å². The highest BCUT2D eigenvalue weighted by Gasteiger charge is 2.22. The van der Waals surface area contributed by atoms with Crippen LogP contribution in [0.2, 0.25) is 0 Å². The van der Waals surface area contributed by atoms with Crippen molar-refractivity contribution in [1.82, 2.24) is 20.4 Å². The van der Waals surface area contributed by atoms with Crippen LogP contribution in [0.15, 0.2) is 41.1 Å². The molecule has 21 heavy (non-hydrogen) atoms. The first-order valence-electron chi connectivity index (χ1n) is 6.73. The average Bonchev–Trinajstić information content (AvgIpc) is 2.86. The maximum Gasteiger partial charge on any atom is 0.242 e. The van der Waals surface area contributed by atoms with E-state index in [4.69, 9.17) is 0 Å². The molecule has 0 radical (unpaired) electrons. The summed E-state index contributed by atoms with van der Waals surface area (Å²) in [5.74, 6) is -0.0752. The van der Waals surface area contributed by atoms with Crippen LogP contribution in [0.4, 0.5) is 0 Å². The largest absolute Gasteiger partial charge is 0.348 e. The van der Waals surface area contributed by atoms with Crippen LogP contribution in [0.5, 0.6) is 0 Å². The monoisotopic (exact) mass is 350 g/mol. The number of hydrogen-bond donors (Lipinski definition) is 2. The number of rotatable bonds is 5. The minimum Gasteiger partial charge on any atom is -0.348 e. The van der Waals surface area contributed by atoms with Crippen molar-refractivity contribution in [2.75, 3.05) is 7.05 Å². The van der Waals surface area contributed by atoms with Gasteiger partial charge in [0.1, 0.15) is 6.04 Å². The third-order valence-electron chi connectivity index (χ3n) is 3.34. The van der Waals surface area contributed by atoms with E-state index in [0.717, 1.165) is 15.6 Å². The first kappa shape index (κ1) is 15.7. The second-order valence-corrected chi connectivity index (χ2v) is 5.78. The lowest BCUT2D eigenvalue weighted by atomic mass is 10.1. The van der Waals surface area contributed by atoms with E-state index in [2.05, 4.69) is 31.7 Å². The van der Waals surface area contributed by atoms with Crippen molar-refractivity contribution in [3.05, 3.63) is 52.3 Å². The van der Waals surface area contributed by atoms with Gasteiger partial charge in [-0.1, -0.05) is 34.1 Å². The van der Waals surface area contributed by atoms with E-state index < -0.39 is 6.04 Å². The van der Waals surface area contributed by atoms with Crippen molar-refractivity contribution in [1.29, 1.82) is 0 Å². The van der Waals surface area contributed by atoms with E-state index in [0.29, 0.717) is 0 Å². The number of aryl methyl sites for hydroxylation is 1. The van der Waals surface area contributed by atoms with Gasteiger partial charge >= 0.3 is 0 Å².